The SMILES string of the molecule is CC(C)(C)[C@@H]1C(n2c(=O)n(COCC[Si](C)(C)C)c3cnc(-c4cnc5ccc(F)cn45)nc32)CCCN1C(=O)O. The summed E-state index contributed by atoms with van der Waals surface area (Å²) in [6, 6.07) is 2.92. The Kier molecular flexibility index (Phi) is 7.53. The third-order valence-corrected chi connectivity index (χ3v) is 9.39. The fourth-order valence-electron chi connectivity index (χ4n) is 5.76. The number of carbonyl (C=O) groups is 1. The third-order valence-electron chi connectivity index (χ3n) is 7.69. The molecule has 13 heteroatoms. The Morgan fingerprint density at radius 2 is 1.95 bits per heavy atom. The van der Waals surface area contributed by atoms with Crippen LogP contribution in [-0.4, -0.2) is 71.9 Å². The monoisotopic (exact) mass is 583 g/mol. The Balaban J connectivity index is 1.67. The number of piperidine rings is 1. The van der Waals surface area contributed by atoms with E-state index in [4.69, 9.17) is 9.72 Å². The predicted octanol–water partition coefficient (Wildman–Crippen LogP) is 5.09. The van der Waals surface area contributed by atoms with Gasteiger partial charge in [-0.15, -0.1) is 0 Å². The summed E-state index contributed by atoms with van der Waals surface area (Å²) in [5.41, 5.74) is 1.10. The van der Waals surface area contributed by atoms with Gasteiger partial charge in [-0.05, 0) is 36.4 Å². The van der Waals surface area contributed by atoms with Gasteiger partial charge in [0.05, 0.1) is 24.5 Å². The van der Waals surface area contributed by atoms with E-state index in [1.807, 2.05) is 20.8 Å². The second-order valence-corrected chi connectivity index (χ2v) is 18.7. The minimum atomic E-state index is -1.34. The van der Waals surface area contributed by atoms with Crippen LogP contribution in [0.3, 0.4) is 0 Å². The zero-order valence-corrected chi connectivity index (χ0v) is 25.5. The fraction of sp³-hybridized carbons (Fsp3) is 0.536. The number of fused-ring (bicyclic) bond motifs is 2. The first-order chi connectivity index (χ1) is 19.3. The minimum absolute atomic E-state index is 0.0336. The Labute approximate surface area is 238 Å². The van der Waals surface area contributed by atoms with Gasteiger partial charge in [0, 0.05) is 27.4 Å². The number of rotatable bonds is 7. The first kappa shape index (κ1) is 28.9. The number of nitrogens with zero attached hydrogens (tertiary/aromatic N) is 7. The maximum absolute atomic E-state index is 14.1. The largest absolute Gasteiger partial charge is 0.465 e. The summed E-state index contributed by atoms with van der Waals surface area (Å²) < 4.78 is 24.8. The number of hydrogen-bond acceptors (Lipinski definition) is 6. The van der Waals surface area contributed by atoms with Crippen molar-refractivity contribution in [2.24, 2.45) is 5.41 Å². The number of amides is 1. The van der Waals surface area contributed by atoms with Crippen LogP contribution in [-0.2, 0) is 11.5 Å². The zero-order valence-electron chi connectivity index (χ0n) is 24.5. The van der Waals surface area contributed by atoms with Crippen LogP contribution in [0, 0.1) is 11.2 Å². The lowest BCUT2D eigenvalue weighted by molar-refractivity contribution is 0.0263. The molecule has 0 spiro atoms. The van der Waals surface area contributed by atoms with Crippen LogP contribution < -0.4 is 5.69 Å². The molecule has 1 N–H and O–H groups in total. The number of pyridine rings is 1. The number of carboxylic acid groups (broad SMARTS) is 1. The van der Waals surface area contributed by atoms with Crippen LogP contribution in [0.4, 0.5) is 9.18 Å². The van der Waals surface area contributed by atoms with Gasteiger partial charge >= 0.3 is 11.8 Å². The molecule has 1 unspecified atom stereocenters. The Morgan fingerprint density at radius 1 is 1.20 bits per heavy atom. The van der Waals surface area contributed by atoms with E-state index >= 15 is 0 Å². The van der Waals surface area contributed by atoms with Gasteiger partial charge in [-0.25, -0.2) is 28.9 Å². The standard InChI is InChI=1S/C28H38FN7O4Si/c1-28(2,3)23-19(8-7-11-33(23)27(38)39)36-25-21(35(26(36)37)17-40-12-13-41(4,5)6)15-31-24(32-25)20-14-30-22-10-9-18(29)16-34(20)22/h9-10,14-16,19,23H,7-8,11-13,17H2,1-6H3,(H,38,39)/t19?,23-/m0/s1. The Morgan fingerprint density at radius 3 is 2.63 bits per heavy atom. The summed E-state index contributed by atoms with van der Waals surface area (Å²) >= 11 is 0. The molecule has 1 saturated heterocycles. The van der Waals surface area contributed by atoms with Gasteiger partial charge in [-0.1, -0.05) is 40.4 Å². The highest BCUT2D eigenvalue weighted by molar-refractivity contribution is 6.76. The van der Waals surface area contributed by atoms with Crippen molar-refractivity contribution in [3.05, 3.63) is 47.0 Å². The van der Waals surface area contributed by atoms with Crippen molar-refractivity contribution in [1.29, 1.82) is 0 Å². The van der Waals surface area contributed by atoms with E-state index in [2.05, 4.69) is 29.6 Å². The van der Waals surface area contributed by atoms with Crippen LogP contribution in [0.25, 0.3) is 28.3 Å². The van der Waals surface area contributed by atoms with Crippen molar-refractivity contribution < 1.29 is 19.0 Å². The van der Waals surface area contributed by atoms with Crippen molar-refractivity contribution in [1.82, 2.24) is 33.4 Å². The van der Waals surface area contributed by atoms with E-state index in [-0.39, 0.29) is 18.2 Å². The van der Waals surface area contributed by atoms with Crippen molar-refractivity contribution in [2.45, 2.75) is 78.1 Å². The van der Waals surface area contributed by atoms with Crippen molar-refractivity contribution in [3.8, 4) is 11.5 Å². The van der Waals surface area contributed by atoms with E-state index in [1.165, 1.54) is 21.7 Å². The van der Waals surface area contributed by atoms with Crippen molar-refractivity contribution in [3.63, 3.8) is 0 Å². The molecule has 0 radical (unpaired) electrons. The number of ether oxygens (including phenoxy) is 1. The lowest BCUT2D eigenvalue weighted by Gasteiger charge is -2.46. The summed E-state index contributed by atoms with van der Waals surface area (Å²) in [4.78, 5) is 41.6. The smallest absolute Gasteiger partial charge is 0.407 e. The Hall–Kier alpha value is -3.58. The molecule has 4 aromatic heterocycles. The number of imidazole rings is 2. The molecule has 11 nitrogen and oxygen atoms in total. The van der Waals surface area contributed by atoms with Crippen molar-refractivity contribution in [2.75, 3.05) is 13.2 Å². The summed E-state index contributed by atoms with van der Waals surface area (Å²) in [6.45, 7) is 13.7. The minimum Gasteiger partial charge on any atom is -0.465 e. The molecule has 1 amide bonds. The topological polar surface area (TPSA) is 120 Å². The van der Waals surface area contributed by atoms with E-state index in [1.54, 1.807) is 27.4 Å². The molecule has 0 aromatic carbocycles. The highest BCUT2D eigenvalue weighted by Crippen LogP contribution is 2.39. The first-order valence-corrected chi connectivity index (χ1v) is 17.6. The molecule has 4 aromatic rings. The van der Waals surface area contributed by atoms with Crippen LogP contribution in [0.15, 0.2) is 35.5 Å². The molecule has 1 aliphatic heterocycles. The summed E-state index contributed by atoms with van der Waals surface area (Å²) in [7, 11) is -1.34. The maximum Gasteiger partial charge on any atom is 0.407 e. The van der Waals surface area contributed by atoms with Gasteiger partial charge in [-0.2, -0.15) is 0 Å². The number of aromatic nitrogens is 6. The van der Waals surface area contributed by atoms with E-state index < -0.39 is 37.5 Å². The maximum atomic E-state index is 14.1. The predicted molar refractivity (Wildman–Crippen MR) is 156 cm³/mol. The van der Waals surface area contributed by atoms with Crippen molar-refractivity contribution >= 4 is 31.0 Å². The van der Waals surface area contributed by atoms with Crippen LogP contribution in [0.1, 0.15) is 39.7 Å². The number of hydrogen-bond donors (Lipinski definition) is 1. The lowest BCUT2D eigenvalue weighted by atomic mass is 9.77. The second kappa shape index (κ2) is 10.7. The van der Waals surface area contributed by atoms with Gasteiger partial charge in [0.1, 0.15) is 29.4 Å². The summed E-state index contributed by atoms with van der Waals surface area (Å²) in [6.07, 6.45) is 4.68. The molecule has 5 heterocycles. The highest BCUT2D eigenvalue weighted by Gasteiger charge is 2.44. The number of likely N-dealkylation sites (tertiary alicyclic amines) is 1. The molecule has 0 bridgehead atoms. The molecule has 2 atom stereocenters. The third kappa shape index (κ3) is 5.64. The average molecular weight is 584 g/mol. The fourth-order valence-corrected chi connectivity index (χ4v) is 6.52. The Bertz CT molecular complexity index is 1650. The molecular formula is C28H38FN7O4Si. The van der Waals surface area contributed by atoms with Gasteiger partial charge < -0.3 is 14.7 Å². The molecule has 5 rings (SSSR count). The van der Waals surface area contributed by atoms with Gasteiger partial charge in [0.2, 0.25) is 0 Å². The molecule has 0 saturated carbocycles. The molecule has 1 aliphatic rings. The molecule has 220 valence electrons. The van der Waals surface area contributed by atoms with E-state index in [9.17, 15) is 19.1 Å². The normalized spacial score (nSPS) is 18.5. The van der Waals surface area contributed by atoms with Crippen LogP contribution in [0.5, 0.6) is 0 Å². The average Bonchev–Trinajstić information content (AvgIpc) is 3.42. The van der Waals surface area contributed by atoms with Gasteiger partial charge in [0.15, 0.2) is 11.5 Å². The first-order valence-electron chi connectivity index (χ1n) is 13.9. The molecule has 0 aliphatic carbocycles. The number of halogens is 1. The molecule has 1 fully saturated rings. The van der Waals surface area contributed by atoms with E-state index in [0.29, 0.717) is 48.5 Å². The lowest BCUT2D eigenvalue weighted by Crippen LogP contribution is -2.55. The van der Waals surface area contributed by atoms with Crippen LogP contribution >= 0.6 is 0 Å². The van der Waals surface area contributed by atoms with E-state index in [0.717, 1.165) is 6.04 Å². The summed E-state index contributed by atoms with van der Waals surface area (Å²) in [5, 5.41) is 10.1. The summed E-state index contributed by atoms with van der Waals surface area (Å²) in [5.74, 6) is -0.153. The second-order valence-electron chi connectivity index (χ2n) is 13.0. The highest BCUT2D eigenvalue weighted by atomic mass is 28.3. The quantitative estimate of drug-likeness (QED) is 0.238. The van der Waals surface area contributed by atoms with Crippen LogP contribution in [0.2, 0.25) is 25.7 Å². The van der Waals surface area contributed by atoms with Gasteiger partial charge in [-0.3, -0.25) is 13.5 Å². The molecule has 41 heavy (non-hydrogen) atoms. The molecular weight excluding hydrogens is 545 g/mol. The zero-order chi connectivity index (χ0) is 29.7. The van der Waals surface area contributed by atoms with Gasteiger partial charge in [0.25, 0.3) is 0 Å².